The average Bonchev–Trinajstić information content (AvgIpc) is 2.80. The lowest BCUT2D eigenvalue weighted by Gasteiger charge is -2.57. The third-order valence-electron chi connectivity index (χ3n) is 8.14. The van der Waals surface area contributed by atoms with Crippen LogP contribution in [-0.2, 0) is 4.74 Å². The molecule has 1 N–H and O–H groups in total. The predicted octanol–water partition coefficient (Wildman–Crippen LogP) is 4.33. The molecule has 0 spiro atoms. The molecule has 4 aliphatic rings. The van der Waals surface area contributed by atoms with Crippen LogP contribution in [0.15, 0.2) is 11.6 Å². The summed E-state index contributed by atoms with van der Waals surface area (Å²) in [5.74, 6) is 2.40. The number of fused-ring (bicyclic) bond motifs is 5. The molecule has 0 aromatic rings. The first-order valence-electron chi connectivity index (χ1n) is 9.37. The molecule has 22 heavy (non-hydrogen) atoms. The van der Waals surface area contributed by atoms with Gasteiger partial charge in [-0.2, -0.15) is 0 Å². The zero-order valence-electron chi connectivity index (χ0n) is 14.5. The van der Waals surface area contributed by atoms with E-state index in [9.17, 15) is 5.11 Å². The number of aliphatic hydroxyl groups is 1. The SMILES string of the molecule is CO[C@H]1CC[C@]2(C)C(=CC[C@@H]3[C@@H]4C[C@H](O)C[C@@]4(C)CC[C@@H]32)C1. The molecule has 2 nitrogen and oxygen atoms in total. The minimum atomic E-state index is -0.0452. The fourth-order valence-corrected chi connectivity index (χ4v) is 6.85. The average molecular weight is 304 g/mol. The van der Waals surface area contributed by atoms with E-state index >= 15 is 0 Å². The van der Waals surface area contributed by atoms with Gasteiger partial charge in [-0.15, -0.1) is 0 Å². The van der Waals surface area contributed by atoms with E-state index in [4.69, 9.17) is 4.74 Å². The minimum absolute atomic E-state index is 0.0452. The molecule has 0 bridgehead atoms. The van der Waals surface area contributed by atoms with E-state index in [2.05, 4.69) is 19.9 Å². The van der Waals surface area contributed by atoms with Crippen LogP contribution in [0.4, 0.5) is 0 Å². The van der Waals surface area contributed by atoms with Crippen molar-refractivity contribution < 1.29 is 9.84 Å². The maximum absolute atomic E-state index is 10.2. The van der Waals surface area contributed by atoms with Crippen LogP contribution < -0.4 is 0 Å². The van der Waals surface area contributed by atoms with Crippen LogP contribution in [0.25, 0.3) is 0 Å². The van der Waals surface area contributed by atoms with Gasteiger partial charge in [0.25, 0.3) is 0 Å². The largest absolute Gasteiger partial charge is 0.393 e. The molecule has 0 aromatic carbocycles. The normalized spacial score (nSPS) is 54.2. The van der Waals surface area contributed by atoms with E-state index in [0.717, 1.165) is 37.0 Å². The van der Waals surface area contributed by atoms with Crippen molar-refractivity contribution in [2.75, 3.05) is 7.11 Å². The van der Waals surface area contributed by atoms with Crippen molar-refractivity contribution in [2.45, 2.75) is 77.4 Å². The monoisotopic (exact) mass is 304 g/mol. The summed E-state index contributed by atoms with van der Waals surface area (Å²) in [6, 6.07) is 0. The number of hydrogen-bond donors (Lipinski definition) is 1. The standard InChI is InChI=1S/C20H32O2/c1-19-8-7-17-16(18(19)11-14(21)12-19)5-4-13-10-15(22-3)6-9-20(13,17)2/h4,14-18,21H,5-12H2,1-3H3/t14-,15-,16-,17-,18-,19+,20+/m0/s1. The van der Waals surface area contributed by atoms with Crippen LogP contribution in [0.3, 0.4) is 0 Å². The van der Waals surface area contributed by atoms with Gasteiger partial charge >= 0.3 is 0 Å². The molecule has 0 aromatic heterocycles. The maximum atomic E-state index is 10.2. The Bertz CT molecular complexity index is 484. The molecule has 0 aliphatic heterocycles. The van der Waals surface area contributed by atoms with Crippen molar-refractivity contribution in [3.05, 3.63) is 11.6 Å². The Morgan fingerprint density at radius 3 is 2.77 bits per heavy atom. The summed E-state index contributed by atoms with van der Waals surface area (Å²) >= 11 is 0. The molecule has 7 atom stereocenters. The Morgan fingerprint density at radius 1 is 1.18 bits per heavy atom. The zero-order chi connectivity index (χ0) is 15.5. The van der Waals surface area contributed by atoms with Gasteiger partial charge in [0.15, 0.2) is 0 Å². The number of methoxy groups -OCH3 is 1. The van der Waals surface area contributed by atoms with Crippen LogP contribution in [0, 0.1) is 28.6 Å². The summed E-state index contributed by atoms with van der Waals surface area (Å²) in [6.07, 6.45) is 12.7. The highest BCUT2D eigenvalue weighted by Crippen LogP contribution is 2.64. The van der Waals surface area contributed by atoms with E-state index in [0.29, 0.717) is 16.9 Å². The zero-order valence-corrected chi connectivity index (χ0v) is 14.5. The lowest BCUT2D eigenvalue weighted by atomic mass is 9.48. The molecule has 3 fully saturated rings. The van der Waals surface area contributed by atoms with Gasteiger partial charge in [-0.1, -0.05) is 25.5 Å². The highest BCUT2D eigenvalue weighted by atomic mass is 16.5. The maximum Gasteiger partial charge on any atom is 0.0608 e. The van der Waals surface area contributed by atoms with Crippen molar-refractivity contribution in [1.82, 2.24) is 0 Å². The molecule has 0 unspecified atom stereocenters. The molecule has 0 radical (unpaired) electrons. The van der Waals surface area contributed by atoms with Gasteiger partial charge in [0.1, 0.15) is 0 Å². The number of ether oxygens (including phenoxy) is 1. The predicted molar refractivity (Wildman–Crippen MR) is 88.5 cm³/mol. The van der Waals surface area contributed by atoms with E-state index in [1.807, 2.05) is 7.11 Å². The molecular weight excluding hydrogens is 272 g/mol. The summed E-state index contributed by atoms with van der Waals surface area (Å²) in [7, 11) is 1.87. The molecule has 4 aliphatic carbocycles. The van der Waals surface area contributed by atoms with Gasteiger partial charge in [-0.25, -0.2) is 0 Å². The van der Waals surface area contributed by atoms with E-state index in [-0.39, 0.29) is 6.10 Å². The molecule has 2 heteroatoms. The molecule has 124 valence electrons. The number of allylic oxidation sites excluding steroid dienone is 1. The van der Waals surface area contributed by atoms with Gasteiger partial charge in [-0.3, -0.25) is 0 Å². The fourth-order valence-electron chi connectivity index (χ4n) is 6.85. The van der Waals surface area contributed by atoms with Crippen molar-refractivity contribution in [1.29, 1.82) is 0 Å². The Kier molecular flexibility index (Phi) is 3.51. The summed E-state index contributed by atoms with van der Waals surface area (Å²) < 4.78 is 5.65. The Morgan fingerprint density at radius 2 is 2.00 bits per heavy atom. The van der Waals surface area contributed by atoms with Crippen LogP contribution in [0.1, 0.15) is 65.2 Å². The molecule has 4 rings (SSSR count). The van der Waals surface area contributed by atoms with Crippen molar-refractivity contribution in [2.24, 2.45) is 28.6 Å². The second-order valence-corrected chi connectivity index (χ2v) is 9.15. The summed E-state index contributed by atoms with van der Waals surface area (Å²) in [5.41, 5.74) is 2.51. The topological polar surface area (TPSA) is 29.5 Å². The summed E-state index contributed by atoms with van der Waals surface area (Å²) in [4.78, 5) is 0. The first kappa shape index (κ1) is 15.2. The van der Waals surface area contributed by atoms with Crippen LogP contribution in [0.2, 0.25) is 0 Å². The third-order valence-corrected chi connectivity index (χ3v) is 8.14. The second-order valence-electron chi connectivity index (χ2n) is 9.15. The second kappa shape index (κ2) is 5.08. The first-order valence-corrected chi connectivity index (χ1v) is 9.37. The van der Waals surface area contributed by atoms with E-state index < -0.39 is 0 Å². The Balaban J connectivity index is 1.64. The van der Waals surface area contributed by atoms with Crippen molar-refractivity contribution in [3.63, 3.8) is 0 Å². The number of rotatable bonds is 1. The van der Waals surface area contributed by atoms with Crippen molar-refractivity contribution in [3.8, 4) is 0 Å². The van der Waals surface area contributed by atoms with Crippen LogP contribution in [0.5, 0.6) is 0 Å². The highest BCUT2D eigenvalue weighted by molar-refractivity contribution is 5.25. The lowest BCUT2D eigenvalue weighted by Crippen LogP contribution is -2.49. The molecule has 0 saturated heterocycles. The number of hydrogen-bond acceptors (Lipinski definition) is 2. The van der Waals surface area contributed by atoms with Crippen molar-refractivity contribution >= 4 is 0 Å². The summed E-state index contributed by atoms with van der Waals surface area (Å²) in [5, 5.41) is 10.2. The highest BCUT2D eigenvalue weighted by Gasteiger charge is 2.57. The molecule has 0 heterocycles. The van der Waals surface area contributed by atoms with Crippen LogP contribution >= 0.6 is 0 Å². The first-order chi connectivity index (χ1) is 10.5. The van der Waals surface area contributed by atoms with Gasteiger partial charge in [0.05, 0.1) is 12.2 Å². The van der Waals surface area contributed by atoms with Gasteiger partial charge < -0.3 is 9.84 Å². The van der Waals surface area contributed by atoms with Gasteiger partial charge in [-0.05, 0) is 80.0 Å². The van der Waals surface area contributed by atoms with Gasteiger partial charge in [0.2, 0.25) is 0 Å². The Labute approximate surface area is 135 Å². The summed E-state index contributed by atoms with van der Waals surface area (Å²) in [6.45, 7) is 4.99. The fraction of sp³-hybridized carbons (Fsp3) is 0.900. The van der Waals surface area contributed by atoms with E-state index in [1.165, 1.54) is 32.1 Å². The Hall–Kier alpha value is -0.340. The minimum Gasteiger partial charge on any atom is -0.393 e. The van der Waals surface area contributed by atoms with E-state index in [1.54, 1.807) is 5.57 Å². The quantitative estimate of drug-likeness (QED) is 0.731. The van der Waals surface area contributed by atoms with Gasteiger partial charge in [0, 0.05) is 7.11 Å². The smallest absolute Gasteiger partial charge is 0.0608 e. The molecule has 3 saturated carbocycles. The van der Waals surface area contributed by atoms with Crippen LogP contribution in [-0.4, -0.2) is 24.4 Å². The molecular formula is C20H32O2. The third kappa shape index (κ3) is 2.06. The molecule has 0 amide bonds. The lowest BCUT2D eigenvalue weighted by molar-refractivity contribution is -0.0409. The number of aliphatic hydroxyl groups excluding tert-OH is 1.